The number of carbonyl (C=O) groups is 1. The van der Waals surface area contributed by atoms with E-state index in [0.29, 0.717) is 12.3 Å². The maximum Gasteiger partial charge on any atom is 0.229 e. The van der Waals surface area contributed by atoms with Crippen molar-refractivity contribution in [3.05, 3.63) is 24.1 Å². The third kappa shape index (κ3) is 7.04. The van der Waals surface area contributed by atoms with Crippen LogP contribution >= 0.6 is 0 Å². The van der Waals surface area contributed by atoms with Gasteiger partial charge >= 0.3 is 0 Å². The van der Waals surface area contributed by atoms with E-state index >= 15 is 0 Å². The largest absolute Gasteiger partial charge is 0.497 e. The Morgan fingerprint density at radius 3 is 2.05 bits per heavy atom. The fourth-order valence-corrected chi connectivity index (χ4v) is 1.21. The fraction of sp³-hybridized carbons (Fsp3) is 0.688. The number of nitrogens with one attached hydrogen (secondary N) is 1. The Labute approximate surface area is 118 Å². The molecule has 0 fully saturated rings. The van der Waals surface area contributed by atoms with E-state index in [9.17, 15) is 4.79 Å². The molecule has 0 saturated carbocycles. The van der Waals surface area contributed by atoms with Gasteiger partial charge in [0.1, 0.15) is 5.76 Å². The lowest BCUT2D eigenvalue weighted by atomic mass is 9.92. The summed E-state index contributed by atoms with van der Waals surface area (Å²) >= 11 is 0. The van der Waals surface area contributed by atoms with Crippen molar-refractivity contribution in [2.45, 2.75) is 54.9 Å². The van der Waals surface area contributed by atoms with Gasteiger partial charge in [-0.25, -0.2) is 0 Å². The molecule has 0 bridgehead atoms. The molecule has 1 amide bonds. The third-order valence-corrected chi connectivity index (χ3v) is 2.46. The van der Waals surface area contributed by atoms with Gasteiger partial charge in [-0.05, 0) is 12.5 Å². The van der Waals surface area contributed by atoms with Crippen LogP contribution in [0.15, 0.2) is 24.1 Å². The normalized spacial score (nSPS) is 13.1. The van der Waals surface area contributed by atoms with Gasteiger partial charge in [-0.15, -0.1) is 0 Å². The van der Waals surface area contributed by atoms with Crippen molar-refractivity contribution in [3.8, 4) is 0 Å². The average Bonchev–Trinajstić information content (AvgIpc) is 2.21. The molecule has 19 heavy (non-hydrogen) atoms. The van der Waals surface area contributed by atoms with Crippen molar-refractivity contribution in [2.75, 3.05) is 6.61 Å². The van der Waals surface area contributed by atoms with Gasteiger partial charge in [-0.3, -0.25) is 4.79 Å². The number of hydrogen-bond acceptors (Lipinski definition) is 2. The van der Waals surface area contributed by atoms with Gasteiger partial charge in [-0.1, -0.05) is 55.0 Å². The smallest absolute Gasteiger partial charge is 0.229 e. The topological polar surface area (TPSA) is 38.3 Å². The molecule has 0 radical (unpaired) electrons. The van der Waals surface area contributed by atoms with E-state index in [-0.39, 0.29) is 11.3 Å². The summed E-state index contributed by atoms with van der Waals surface area (Å²) in [6.07, 6.45) is 2.77. The van der Waals surface area contributed by atoms with Gasteiger partial charge in [0, 0.05) is 16.5 Å². The lowest BCUT2D eigenvalue weighted by Crippen LogP contribution is -2.33. The fourth-order valence-electron chi connectivity index (χ4n) is 1.21. The predicted molar refractivity (Wildman–Crippen MR) is 80.5 cm³/mol. The Hall–Kier alpha value is -1.25. The summed E-state index contributed by atoms with van der Waals surface area (Å²) in [6, 6.07) is 0. The van der Waals surface area contributed by atoms with Crippen molar-refractivity contribution >= 4 is 5.91 Å². The van der Waals surface area contributed by atoms with E-state index in [2.05, 4.69) is 39.6 Å². The minimum atomic E-state index is -0.428. The van der Waals surface area contributed by atoms with Crippen molar-refractivity contribution < 1.29 is 9.53 Å². The van der Waals surface area contributed by atoms with Crippen LogP contribution in [0.5, 0.6) is 0 Å². The third-order valence-electron chi connectivity index (χ3n) is 2.46. The van der Waals surface area contributed by atoms with Crippen molar-refractivity contribution in [2.24, 2.45) is 10.8 Å². The number of amides is 1. The van der Waals surface area contributed by atoms with E-state index in [4.69, 9.17) is 4.74 Å². The van der Waals surface area contributed by atoms with Crippen molar-refractivity contribution in [1.29, 1.82) is 0 Å². The van der Waals surface area contributed by atoms with Gasteiger partial charge in [0.15, 0.2) is 0 Å². The molecule has 0 aliphatic heterocycles. The number of carbonyl (C=O) groups excluding carboxylic acids is 1. The minimum absolute atomic E-state index is 0.0440. The molecular formula is C16H29NO2. The molecule has 0 aliphatic rings. The zero-order chi connectivity index (χ0) is 15.3. The number of hydrogen-bond donors (Lipinski definition) is 1. The molecule has 0 heterocycles. The first-order valence-electron chi connectivity index (χ1n) is 6.83. The summed E-state index contributed by atoms with van der Waals surface area (Å²) in [5, 5.41) is 2.81. The maximum atomic E-state index is 11.9. The van der Waals surface area contributed by atoms with Crippen LogP contribution < -0.4 is 5.32 Å². The van der Waals surface area contributed by atoms with E-state index in [1.807, 2.05) is 26.8 Å². The Morgan fingerprint density at radius 1 is 1.16 bits per heavy atom. The highest BCUT2D eigenvalue weighted by Gasteiger charge is 2.23. The Morgan fingerprint density at radius 2 is 1.68 bits per heavy atom. The number of allylic oxidation sites excluding steroid dienone is 2. The summed E-state index contributed by atoms with van der Waals surface area (Å²) in [6.45, 7) is 18.5. The second kappa shape index (κ2) is 6.78. The molecular weight excluding hydrogens is 238 g/mol. The number of rotatable bonds is 5. The van der Waals surface area contributed by atoms with Crippen LogP contribution in [0, 0.1) is 10.8 Å². The maximum absolute atomic E-state index is 11.9. The van der Waals surface area contributed by atoms with Gasteiger partial charge in [0.05, 0.1) is 6.61 Å². The molecule has 0 aromatic carbocycles. The van der Waals surface area contributed by atoms with Crippen LogP contribution in [0.4, 0.5) is 0 Å². The second-order valence-corrected chi connectivity index (χ2v) is 6.84. The molecule has 0 saturated heterocycles. The quantitative estimate of drug-likeness (QED) is 0.603. The first-order chi connectivity index (χ1) is 8.48. The Bertz CT molecular complexity index is 354. The van der Waals surface area contributed by atoms with Crippen LogP contribution in [0.3, 0.4) is 0 Å². The lowest BCUT2D eigenvalue weighted by Gasteiger charge is -2.24. The SMILES string of the molecule is C=C(/C=C(\OCCC)C(C)(C)C)NC(=O)C(C)(C)C. The second-order valence-electron chi connectivity index (χ2n) is 6.84. The molecule has 0 atom stereocenters. The molecule has 0 aliphatic carbocycles. The Kier molecular flexibility index (Phi) is 6.34. The Balaban J connectivity index is 4.85. The summed E-state index contributed by atoms with van der Waals surface area (Å²) in [5.41, 5.74) is 0.0361. The molecule has 3 nitrogen and oxygen atoms in total. The zero-order valence-electron chi connectivity index (χ0n) is 13.5. The van der Waals surface area contributed by atoms with Gasteiger partial charge in [-0.2, -0.15) is 0 Å². The van der Waals surface area contributed by atoms with Crippen LogP contribution in [0.25, 0.3) is 0 Å². The monoisotopic (exact) mass is 267 g/mol. The summed E-state index contributed by atoms with van der Waals surface area (Å²) in [4.78, 5) is 11.9. The van der Waals surface area contributed by atoms with E-state index < -0.39 is 5.41 Å². The summed E-state index contributed by atoms with van der Waals surface area (Å²) < 4.78 is 5.74. The van der Waals surface area contributed by atoms with Crippen LogP contribution in [0.2, 0.25) is 0 Å². The van der Waals surface area contributed by atoms with E-state index in [1.54, 1.807) is 0 Å². The highest BCUT2D eigenvalue weighted by Crippen LogP contribution is 2.27. The number of ether oxygens (including phenoxy) is 1. The highest BCUT2D eigenvalue weighted by atomic mass is 16.5. The molecule has 0 spiro atoms. The highest BCUT2D eigenvalue weighted by molar-refractivity contribution is 5.83. The summed E-state index contributed by atoms with van der Waals surface area (Å²) in [5.74, 6) is 0.797. The van der Waals surface area contributed by atoms with E-state index in [1.165, 1.54) is 0 Å². The minimum Gasteiger partial charge on any atom is -0.497 e. The molecule has 1 N–H and O–H groups in total. The summed E-state index contributed by atoms with van der Waals surface area (Å²) in [7, 11) is 0. The van der Waals surface area contributed by atoms with Gasteiger partial charge < -0.3 is 10.1 Å². The average molecular weight is 267 g/mol. The van der Waals surface area contributed by atoms with Crippen molar-refractivity contribution in [1.82, 2.24) is 5.32 Å². The van der Waals surface area contributed by atoms with E-state index in [0.717, 1.165) is 12.2 Å². The van der Waals surface area contributed by atoms with Crippen LogP contribution in [0.1, 0.15) is 54.9 Å². The van der Waals surface area contributed by atoms with Crippen LogP contribution in [-0.4, -0.2) is 12.5 Å². The first-order valence-corrected chi connectivity index (χ1v) is 6.83. The molecule has 0 aromatic rings. The predicted octanol–water partition coefficient (Wildman–Crippen LogP) is 4.02. The van der Waals surface area contributed by atoms with Crippen molar-refractivity contribution in [3.63, 3.8) is 0 Å². The molecule has 0 unspecified atom stereocenters. The molecule has 110 valence electrons. The van der Waals surface area contributed by atoms with Gasteiger partial charge in [0.25, 0.3) is 0 Å². The molecule has 0 rings (SSSR count). The van der Waals surface area contributed by atoms with Gasteiger partial charge in [0.2, 0.25) is 5.91 Å². The zero-order valence-corrected chi connectivity index (χ0v) is 13.5. The van der Waals surface area contributed by atoms with Crippen LogP contribution in [-0.2, 0) is 9.53 Å². The lowest BCUT2D eigenvalue weighted by molar-refractivity contribution is -0.127. The molecule has 3 heteroatoms. The molecule has 0 aromatic heterocycles. The standard InChI is InChI=1S/C16H29NO2/c1-9-10-19-13(15(3,4)5)11-12(2)17-14(18)16(6,7)8/h11H,2,9-10H2,1,3-8H3,(H,17,18)/b13-11-. The first kappa shape index (κ1) is 17.8.